The van der Waals surface area contributed by atoms with Gasteiger partial charge in [-0.2, -0.15) is 0 Å². The smallest absolute Gasteiger partial charge is 0.0307 e. The Bertz CT molecular complexity index is 294. The van der Waals surface area contributed by atoms with Crippen molar-refractivity contribution in [2.24, 2.45) is 11.8 Å². The molecule has 0 amide bonds. The van der Waals surface area contributed by atoms with Gasteiger partial charge in [-0.05, 0) is 56.9 Å². The molecule has 0 aromatic carbocycles. The van der Waals surface area contributed by atoms with Crippen LogP contribution in [0.1, 0.15) is 84.5 Å². The van der Waals surface area contributed by atoms with Gasteiger partial charge in [0.25, 0.3) is 0 Å². The number of hydrogen-bond acceptors (Lipinski definition) is 1. The summed E-state index contributed by atoms with van der Waals surface area (Å²) in [5, 5.41) is 3.85. The molecule has 1 heteroatoms. The van der Waals surface area contributed by atoms with E-state index in [1.165, 1.54) is 70.6 Å². The van der Waals surface area contributed by atoms with Gasteiger partial charge in [-0.15, -0.1) is 0 Å². The summed E-state index contributed by atoms with van der Waals surface area (Å²) in [6, 6.07) is 0.687. The first-order valence-electron chi connectivity index (χ1n) is 9.27. The van der Waals surface area contributed by atoms with E-state index in [2.05, 4.69) is 25.2 Å². The fourth-order valence-corrected chi connectivity index (χ4v) is 4.33. The van der Waals surface area contributed by atoms with Crippen LogP contribution in [-0.4, -0.2) is 12.6 Å². The molecule has 1 N–H and O–H groups in total. The molecule has 2 rings (SSSR count). The minimum Gasteiger partial charge on any atom is -0.310 e. The van der Waals surface area contributed by atoms with Gasteiger partial charge in [0, 0.05) is 6.04 Å². The molecule has 0 bridgehead atoms. The summed E-state index contributed by atoms with van der Waals surface area (Å²) in [5.74, 6) is 1.89. The Balaban J connectivity index is 2.04. The Labute approximate surface area is 126 Å². The highest BCUT2D eigenvalue weighted by Gasteiger charge is 2.29. The first-order valence-corrected chi connectivity index (χ1v) is 9.27. The van der Waals surface area contributed by atoms with Crippen molar-refractivity contribution in [3.63, 3.8) is 0 Å². The lowest BCUT2D eigenvalue weighted by atomic mass is 9.74. The molecule has 0 aromatic heterocycles. The van der Waals surface area contributed by atoms with Gasteiger partial charge < -0.3 is 5.32 Å². The molecular weight excluding hydrogens is 242 g/mol. The van der Waals surface area contributed by atoms with Gasteiger partial charge in [0.15, 0.2) is 0 Å². The van der Waals surface area contributed by atoms with E-state index in [1.54, 1.807) is 5.57 Å². The van der Waals surface area contributed by atoms with Gasteiger partial charge in [0.2, 0.25) is 0 Å². The maximum absolute atomic E-state index is 3.85. The maximum Gasteiger partial charge on any atom is 0.0307 e. The van der Waals surface area contributed by atoms with Gasteiger partial charge in [-0.3, -0.25) is 0 Å². The summed E-state index contributed by atoms with van der Waals surface area (Å²) >= 11 is 0. The average Bonchev–Trinajstić information content (AvgIpc) is 2.45. The molecule has 116 valence electrons. The Morgan fingerprint density at radius 2 is 1.95 bits per heavy atom. The molecule has 2 aliphatic carbocycles. The van der Waals surface area contributed by atoms with E-state index in [9.17, 15) is 0 Å². The third-order valence-electron chi connectivity index (χ3n) is 5.52. The molecule has 0 aliphatic heterocycles. The predicted octanol–water partition coefficient (Wildman–Crippen LogP) is 5.46. The highest BCUT2D eigenvalue weighted by Crippen LogP contribution is 2.36. The number of nitrogens with one attached hydrogen (secondary N) is 1. The predicted molar refractivity (Wildman–Crippen MR) is 89.0 cm³/mol. The van der Waals surface area contributed by atoms with Gasteiger partial charge >= 0.3 is 0 Å². The standard InChI is InChI=1S/C19H35N/c1-3-16-11-10-14-18(15-16)19(20-4-2)17-12-8-6-5-7-9-13-17/h12,16,18-20H,3-11,13-15H2,1-2H3. The second-order valence-electron chi connectivity index (χ2n) is 6.97. The molecule has 3 unspecified atom stereocenters. The van der Waals surface area contributed by atoms with Crippen LogP contribution in [0, 0.1) is 11.8 Å². The van der Waals surface area contributed by atoms with Crippen molar-refractivity contribution in [2.45, 2.75) is 90.5 Å². The van der Waals surface area contributed by atoms with Gasteiger partial charge in [0.05, 0.1) is 0 Å². The number of likely N-dealkylation sites (N-methyl/N-ethyl adjacent to an activating group) is 1. The molecule has 0 heterocycles. The molecule has 0 spiro atoms. The van der Waals surface area contributed by atoms with Crippen molar-refractivity contribution in [1.82, 2.24) is 5.32 Å². The summed E-state index contributed by atoms with van der Waals surface area (Å²) < 4.78 is 0. The summed E-state index contributed by atoms with van der Waals surface area (Å²) in [6.45, 7) is 5.77. The molecule has 0 saturated heterocycles. The number of allylic oxidation sites excluding steroid dienone is 1. The second kappa shape index (κ2) is 8.87. The van der Waals surface area contributed by atoms with E-state index in [1.807, 2.05) is 0 Å². The Hall–Kier alpha value is -0.300. The largest absolute Gasteiger partial charge is 0.310 e. The highest BCUT2D eigenvalue weighted by molar-refractivity contribution is 5.14. The normalized spacial score (nSPS) is 30.2. The zero-order chi connectivity index (χ0) is 14.2. The van der Waals surface area contributed by atoms with Crippen LogP contribution in [0.3, 0.4) is 0 Å². The third kappa shape index (κ3) is 4.62. The first-order chi connectivity index (χ1) is 9.85. The van der Waals surface area contributed by atoms with E-state index in [0.29, 0.717) is 6.04 Å². The van der Waals surface area contributed by atoms with E-state index in [0.717, 1.165) is 18.4 Å². The lowest BCUT2D eigenvalue weighted by molar-refractivity contribution is 0.222. The van der Waals surface area contributed by atoms with E-state index < -0.39 is 0 Å². The average molecular weight is 277 g/mol. The van der Waals surface area contributed by atoms with Crippen molar-refractivity contribution < 1.29 is 0 Å². The molecule has 2 aliphatic rings. The van der Waals surface area contributed by atoms with Gasteiger partial charge in [-0.25, -0.2) is 0 Å². The Morgan fingerprint density at radius 3 is 2.75 bits per heavy atom. The molecule has 0 radical (unpaired) electrons. The fraction of sp³-hybridized carbons (Fsp3) is 0.895. The third-order valence-corrected chi connectivity index (χ3v) is 5.52. The van der Waals surface area contributed by atoms with Crippen LogP contribution in [0.15, 0.2) is 11.6 Å². The molecular formula is C19H35N. The van der Waals surface area contributed by atoms with Crippen molar-refractivity contribution in [1.29, 1.82) is 0 Å². The number of hydrogen-bond donors (Lipinski definition) is 1. The highest BCUT2D eigenvalue weighted by atomic mass is 14.9. The van der Waals surface area contributed by atoms with E-state index >= 15 is 0 Å². The summed E-state index contributed by atoms with van der Waals surface area (Å²) in [4.78, 5) is 0. The van der Waals surface area contributed by atoms with Crippen LogP contribution >= 0.6 is 0 Å². The molecule has 0 aromatic rings. The fourth-order valence-electron chi connectivity index (χ4n) is 4.33. The Kier molecular flexibility index (Phi) is 7.13. The SMILES string of the molecule is CCNC(C1=CCCCCCC1)C1CCCC(CC)C1. The van der Waals surface area contributed by atoms with E-state index in [-0.39, 0.29) is 0 Å². The van der Waals surface area contributed by atoms with E-state index in [4.69, 9.17) is 0 Å². The Morgan fingerprint density at radius 1 is 1.10 bits per heavy atom. The van der Waals surface area contributed by atoms with Crippen LogP contribution < -0.4 is 5.32 Å². The maximum atomic E-state index is 3.85. The molecule has 1 nitrogen and oxygen atoms in total. The van der Waals surface area contributed by atoms with Crippen molar-refractivity contribution in [3.8, 4) is 0 Å². The number of rotatable bonds is 5. The zero-order valence-electron chi connectivity index (χ0n) is 13.8. The zero-order valence-corrected chi connectivity index (χ0v) is 13.8. The minimum absolute atomic E-state index is 0.687. The van der Waals surface area contributed by atoms with Gasteiger partial charge in [-0.1, -0.05) is 57.6 Å². The minimum atomic E-state index is 0.687. The molecule has 1 fully saturated rings. The second-order valence-corrected chi connectivity index (χ2v) is 6.97. The summed E-state index contributed by atoms with van der Waals surface area (Å²) in [6.07, 6.45) is 18.2. The lowest BCUT2D eigenvalue weighted by Gasteiger charge is -2.36. The lowest BCUT2D eigenvalue weighted by Crippen LogP contribution is -2.40. The van der Waals surface area contributed by atoms with Crippen LogP contribution in [0.4, 0.5) is 0 Å². The van der Waals surface area contributed by atoms with Crippen molar-refractivity contribution in [3.05, 3.63) is 11.6 Å². The quantitative estimate of drug-likeness (QED) is 0.658. The summed E-state index contributed by atoms with van der Waals surface area (Å²) in [7, 11) is 0. The summed E-state index contributed by atoms with van der Waals surface area (Å²) in [5.41, 5.74) is 1.76. The monoisotopic (exact) mass is 277 g/mol. The van der Waals surface area contributed by atoms with Crippen LogP contribution in [0.25, 0.3) is 0 Å². The molecule has 1 saturated carbocycles. The van der Waals surface area contributed by atoms with Crippen molar-refractivity contribution in [2.75, 3.05) is 6.54 Å². The first kappa shape index (κ1) is 16.1. The molecule has 20 heavy (non-hydrogen) atoms. The van der Waals surface area contributed by atoms with Crippen LogP contribution in [-0.2, 0) is 0 Å². The van der Waals surface area contributed by atoms with Crippen molar-refractivity contribution >= 4 is 0 Å². The molecule has 3 atom stereocenters. The van der Waals surface area contributed by atoms with Crippen LogP contribution in [0.5, 0.6) is 0 Å². The van der Waals surface area contributed by atoms with Crippen LogP contribution in [0.2, 0.25) is 0 Å². The topological polar surface area (TPSA) is 12.0 Å². The van der Waals surface area contributed by atoms with Gasteiger partial charge in [0.1, 0.15) is 0 Å².